The van der Waals surface area contributed by atoms with Crippen molar-refractivity contribution < 1.29 is 23.1 Å². The smallest absolute Gasteiger partial charge is 0.310 e. The van der Waals surface area contributed by atoms with Gasteiger partial charge in [-0.2, -0.15) is 4.31 Å². The molecule has 2 aliphatic rings. The molecule has 1 N–H and O–H groups in total. The van der Waals surface area contributed by atoms with Gasteiger partial charge in [0.15, 0.2) is 0 Å². The molecule has 2 aliphatic heterocycles. The van der Waals surface area contributed by atoms with Crippen LogP contribution in [0.1, 0.15) is 32.8 Å². The molecule has 1 saturated heterocycles. The number of nitrogens with zero attached hydrogens (tertiary/aromatic N) is 1. The Labute approximate surface area is 136 Å². The molecule has 0 spiro atoms. The van der Waals surface area contributed by atoms with E-state index in [0.29, 0.717) is 18.6 Å². The molecule has 0 aromatic heterocycles. The quantitative estimate of drug-likeness (QED) is 0.909. The van der Waals surface area contributed by atoms with E-state index in [1.807, 2.05) is 13.8 Å². The highest BCUT2D eigenvalue weighted by atomic mass is 32.2. The summed E-state index contributed by atoms with van der Waals surface area (Å²) < 4.78 is 32.6. The van der Waals surface area contributed by atoms with Crippen molar-refractivity contribution in [2.75, 3.05) is 13.1 Å². The van der Waals surface area contributed by atoms with Gasteiger partial charge >= 0.3 is 5.97 Å². The summed E-state index contributed by atoms with van der Waals surface area (Å²) in [5.41, 5.74) is -0.480. The zero-order valence-electron chi connectivity index (χ0n) is 13.5. The summed E-state index contributed by atoms with van der Waals surface area (Å²) in [5, 5.41) is 9.27. The molecule has 0 radical (unpaired) electrons. The average molecular weight is 339 g/mol. The first kappa shape index (κ1) is 16.3. The summed E-state index contributed by atoms with van der Waals surface area (Å²) in [4.78, 5) is 11.5. The van der Waals surface area contributed by atoms with Gasteiger partial charge in [0.1, 0.15) is 11.4 Å². The Morgan fingerprint density at radius 2 is 2.00 bits per heavy atom. The van der Waals surface area contributed by atoms with Crippen molar-refractivity contribution in [2.24, 2.45) is 5.41 Å². The molecule has 0 aliphatic carbocycles. The van der Waals surface area contributed by atoms with Crippen LogP contribution in [-0.2, 0) is 21.2 Å². The second kappa shape index (κ2) is 4.95. The molecule has 7 heteroatoms. The van der Waals surface area contributed by atoms with Crippen molar-refractivity contribution >= 4 is 16.0 Å². The molecule has 2 heterocycles. The van der Waals surface area contributed by atoms with Crippen LogP contribution < -0.4 is 4.74 Å². The molecule has 3 rings (SSSR count). The molecular weight excluding hydrogens is 318 g/mol. The normalized spacial score (nSPS) is 26.7. The number of hydrogen-bond donors (Lipinski definition) is 1. The minimum atomic E-state index is -3.69. The maximum absolute atomic E-state index is 12.8. The van der Waals surface area contributed by atoms with Crippen LogP contribution in [0.4, 0.5) is 0 Å². The molecule has 0 bridgehead atoms. The monoisotopic (exact) mass is 339 g/mol. The van der Waals surface area contributed by atoms with E-state index in [2.05, 4.69) is 0 Å². The number of carboxylic acid groups (broad SMARTS) is 1. The maximum atomic E-state index is 12.8. The lowest BCUT2D eigenvalue weighted by Gasteiger charge is -2.20. The number of hydrogen-bond acceptors (Lipinski definition) is 4. The van der Waals surface area contributed by atoms with Crippen molar-refractivity contribution in [3.63, 3.8) is 0 Å². The molecule has 1 unspecified atom stereocenters. The van der Waals surface area contributed by atoms with E-state index in [1.165, 1.54) is 10.4 Å². The standard InChI is InChI=1S/C16H21NO5S/c1-15(2)9-11-8-12(4-5-13(11)22-15)23(20,21)17-7-6-16(3,10-17)14(18)19/h4-5,8H,6-7,9-10H2,1-3H3,(H,18,19). The van der Waals surface area contributed by atoms with E-state index < -0.39 is 21.4 Å². The minimum Gasteiger partial charge on any atom is -0.487 e. The van der Waals surface area contributed by atoms with E-state index in [1.54, 1.807) is 19.1 Å². The third kappa shape index (κ3) is 2.72. The Balaban J connectivity index is 1.89. The molecule has 1 atom stereocenters. The van der Waals surface area contributed by atoms with Gasteiger partial charge in [-0.05, 0) is 51.0 Å². The number of carbonyl (C=O) groups is 1. The Morgan fingerprint density at radius 3 is 2.61 bits per heavy atom. The zero-order chi connectivity index (χ0) is 17.0. The van der Waals surface area contributed by atoms with Gasteiger partial charge in [-0.25, -0.2) is 8.42 Å². The van der Waals surface area contributed by atoms with E-state index in [9.17, 15) is 18.3 Å². The predicted molar refractivity (Wildman–Crippen MR) is 84.0 cm³/mol. The number of fused-ring (bicyclic) bond motifs is 1. The van der Waals surface area contributed by atoms with E-state index in [-0.39, 0.29) is 23.6 Å². The van der Waals surface area contributed by atoms with Gasteiger partial charge in [0.2, 0.25) is 10.0 Å². The highest BCUT2D eigenvalue weighted by Crippen LogP contribution is 2.38. The lowest BCUT2D eigenvalue weighted by Crippen LogP contribution is -2.34. The van der Waals surface area contributed by atoms with Crippen LogP contribution in [0.15, 0.2) is 23.1 Å². The SMILES string of the molecule is CC1(C)Cc2cc(S(=O)(=O)N3CCC(C)(C(=O)O)C3)ccc2O1. The van der Waals surface area contributed by atoms with Crippen molar-refractivity contribution in [3.8, 4) is 5.75 Å². The largest absolute Gasteiger partial charge is 0.487 e. The predicted octanol–water partition coefficient (Wildman–Crippen LogP) is 1.89. The number of ether oxygens (including phenoxy) is 1. The average Bonchev–Trinajstić information content (AvgIpc) is 2.97. The van der Waals surface area contributed by atoms with Crippen LogP contribution in [0.25, 0.3) is 0 Å². The van der Waals surface area contributed by atoms with Crippen LogP contribution in [0.5, 0.6) is 5.75 Å². The summed E-state index contributed by atoms with van der Waals surface area (Å²) in [6.45, 7) is 5.73. The van der Waals surface area contributed by atoms with E-state index in [4.69, 9.17) is 4.74 Å². The molecule has 0 amide bonds. The number of rotatable bonds is 3. The molecule has 1 aromatic carbocycles. The highest BCUT2D eigenvalue weighted by molar-refractivity contribution is 7.89. The Kier molecular flexibility index (Phi) is 3.50. The molecule has 126 valence electrons. The Bertz CT molecular complexity index is 771. The summed E-state index contributed by atoms with van der Waals surface area (Å²) in [5.74, 6) is -0.245. The lowest BCUT2D eigenvalue weighted by atomic mass is 9.90. The minimum absolute atomic E-state index is 0.00371. The van der Waals surface area contributed by atoms with Gasteiger partial charge < -0.3 is 9.84 Å². The van der Waals surface area contributed by atoms with Gasteiger partial charge in [0.05, 0.1) is 10.3 Å². The fourth-order valence-electron chi connectivity index (χ4n) is 3.19. The van der Waals surface area contributed by atoms with Crippen LogP contribution in [0.2, 0.25) is 0 Å². The van der Waals surface area contributed by atoms with E-state index >= 15 is 0 Å². The fourth-order valence-corrected chi connectivity index (χ4v) is 4.81. The first-order valence-electron chi connectivity index (χ1n) is 7.59. The highest BCUT2D eigenvalue weighted by Gasteiger charge is 2.45. The number of aliphatic carboxylic acids is 1. The number of carboxylic acids is 1. The molecular formula is C16H21NO5S. The molecule has 1 fully saturated rings. The van der Waals surface area contributed by atoms with Gasteiger partial charge in [-0.1, -0.05) is 0 Å². The van der Waals surface area contributed by atoms with Crippen LogP contribution >= 0.6 is 0 Å². The summed E-state index contributed by atoms with van der Waals surface area (Å²) in [7, 11) is -3.69. The van der Waals surface area contributed by atoms with Crippen LogP contribution in [-0.4, -0.2) is 42.5 Å². The van der Waals surface area contributed by atoms with Gasteiger partial charge in [0.25, 0.3) is 0 Å². The molecule has 6 nitrogen and oxygen atoms in total. The lowest BCUT2D eigenvalue weighted by molar-refractivity contribution is -0.146. The topological polar surface area (TPSA) is 83.9 Å². The second-order valence-electron chi connectivity index (χ2n) is 7.26. The maximum Gasteiger partial charge on any atom is 0.310 e. The van der Waals surface area contributed by atoms with Crippen molar-refractivity contribution in [2.45, 2.75) is 44.1 Å². The van der Waals surface area contributed by atoms with Crippen LogP contribution in [0, 0.1) is 5.41 Å². The van der Waals surface area contributed by atoms with E-state index in [0.717, 1.165) is 5.56 Å². The summed E-state index contributed by atoms with van der Waals surface area (Å²) in [6.07, 6.45) is 0.973. The molecule has 1 aromatic rings. The third-order valence-electron chi connectivity index (χ3n) is 4.63. The van der Waals surface area contributed by atoms with Gasteiger partial charge in [-0.3, -0.25) is 4.79 Å². The third-order valence-corrected chi connectivity index (χ3v) is 6.47. The van der Waals surface area contributed by atoms with Gasteiger partial charge in [0, 0.05) is 19.5 Å². The van der Waals surface area contributed by atoms with Crippen molar-refractivity contribution in [1.29, 1.82) is 0 Å². The Hall–Kier alpha value is -1.60. The molecule has 0 saturated carbocycles. The number of sulfonamides is 1. The van der Waals surface area contributed by atoms with Gasteiger partial charge in [-0.15, -0.1) is 0 Å². The summed E-state index contributed by atoms with van der Waals surface area (Å²) in [6, 6.07) is 4.87. The van der Waals surface area contributed by atoms with Crippen LogP contribution in [0.3, 0.4) is 0 Å². The second-order valence-corrected chi connectivity index (χ2v) is 9.20. The first-order chi connectivity index (χ1) is 10.5. The Morgan fingerprint density at radius 1 is 1.30 bits per heavy atom. The first-order valence-corrected chi connectivity index (χ1v) is 9.03. The van der Waals surface area contributed by atoms with Crippen molar-refractivity contribution in [3.05, 3.63) is 23.8 Å². The number of benzene rings is 1. The fraction of sp³-hybridized carbons (Fsp3) is 0.562. The zero-order valence-corrected chi connectivity index (χ0v) is 14.3. The summed E-state index contributed by atoms with van der Waals surface area (Å²) >= 11 is 0. The van der Waals surface area contributed by atoms with Crippen molar-refractivity contribution in [1.82, 2.24) is 4.31 Å². The molecule has 23 heavy (non-hydrogen) atoms.